The third kappa shape index (κ3) is 3.95. The lowest BCUT2D eigenvalue weighted by molar-refractivity contribution is 0.806. The summed E-state index contributed by atoms with van der Waals surface area (Å²) in [6, 6.07) is 24.2. The Balaban J connectivity index is 1.84. The van der Waals surface area contributed by atoms with Crippen molar-refractivity contribution in [2.24, 2.45) is 4.99 Å². The zero-order valence-electron chi connectivity index (χ0n) is 17.8. The van der Waals surface area contributed by atoms with Gasteiger partial charge in [-0.25, -0.2) is 4.98 Å². The second kappa shape index (κ2) is 8.44. The number of hydrogen-bond donors (Lipinski definition) is 1. The molecule has 0 bridgehead atoms. The molecule has 6 heteroatoms. The maximum Gasteiger partial charge on any atom is 0.0900 e. The van der Waals surface area contributed by atoms with Crippen LogP contribution in [0.15, 0.2) is 90.2 Å². The van der Waals surface area contributed by atoms with Crippen molar-refractivity contribution in [2.45, 2.75) is 19.9 Å². The van der Waals surface area contributed by atoms with Gasteiger partial charge in [0, 0.05) is 22.9 Å². The molecule has 2 heterocycles. The first-order valence-corrected chi connectivity index (χ1v) is 10.9. The number of benzene rings is 3. The molecule has 5 rings (SSSR count). The van der Waals surface area contributed by atoms with E-state index in [2.05, 4.69) is 53.0 Å². The molecule has 0 spiro atoms. The molecule has 0 saturated heterocycles. The van der Waals surface area contributed by atoms with E-state index in [1.807, 2.05) is 48.5 Å². The van der Waals surface area contributed by atoms with Crippen LogP contribution in [0.1, 0.15) is 13.8 Å². The average Bonchev–Trinajstić information content (AvgIpc) is 2.78. The molecule has 3 aromatic rings. The van der Waals surface area contributed by atoms with E-state index in [1.54, 1.807) is 12.4 Å². The summed E-state index contributed by atoms with van der Waals surface area (Å²) in [4.78, 5) is 14.1. The summed E-state index contributed by atoms with van der Waals surface area (Å²) in [5, 5.41) is 5.01. The van der Waals surface area contributed by atoms with Crippen LogP contribution < -0.4 is 10.7 Å². The molecule has 1 aliphatic heterocycles. The Kier molecular flexibility index (Phi) is 5.33. The lowest BCUT2D eigenvalue weighted by Crippen LogP contribution is -2.16. The number of hydrogen-bond acceptors (Lipinski definition) is 4. The maximum absolute atomic E-state index is 6.35. The minimum Gasteiger partial charge on any atom is -0.352 e. The van der Waals surface area contributed by atoms with E-state index < -0.39 is 0 Å². The normalized spacial score (nSPS) is 12.1. The summed E-state index contributed by atoms with van der Waals surface area (Å²) in [5.41, 5.74) is 6.49. The Bertz CT molecular complexity index is 1440. The number of aromatic nitrogens is 3. The zero-order valence-corrected chi connectivity index (χ0v) is 18.6. The first kappa shape index (κ1) is 20.2. The smallest absolute Gasteiger partial charge is 0.0900 e. The van der Waals surface area contributed by atoms with Crippen molar-refractivity contribution >= 4 is 34.0 Å². The van der Waals surface area contributed by atoms with Crippen LogP contribution in [-0.2, 0) is 0 Å². The molecular formula is C26H22ClN5. The van der Waals surface area contributed by atoms with Gasteiger partial charge in [-0.3, -0.25) is 9.98 Å². The van der Waals surface area contributed by atoms with Crippen molar-refractivity contribution in [1.82, 2.24) is 14.5 Å². The first-order valence-electron chi connectivity index (χ1n) is 10.5. The van der Waals surface area contributed by atoms with Crippen LogP contribution in [0.5, 0.6) is 0 Å². The van der Waals surface area contributed by atoms with Gasteiger partial charge in [-0.2, -0.15) is 0 Å². The number of fused-ring (bicyclic) bond motifs is 2. The highest BCUT2D eigenvalue weighted by Crippen LogP contribution is 2.31. The van der Waals surface area contributed by atoms with Gasteiger partial charge in [0.05, 0.1) is 45.4 Å². The van der Waals surface area contributed by atoms with Crippen molar-refractivity contribution in [2.75, 3.05) is 5.32 Å². The molecule has 158 valence electrons. The molecule has 1 aromatic heterocycles. The van der Waals surface area contributed by atoms with Crippen LogP contribution in [0.25, 0.3) is 28.1 Å². The highest BCUT2D eigenvalue weighted by Gasteiger charge is 2.17. The predicted molar refractivity (Wildman–Crippen MR) is 131 cm³/mol. The Morgan fingerprint density at radius 2 is 1.84 bits per heavy atom. The van der Waals surface area contributed by atoms with Gasteiger partial charge < -0.3 is 9.88 Å². The van der Waals surface area contributed by atoms with Gasteiger partial charge in [-0.15, -0.1) is 0 Å². The van der Waals surface area contributed by atoms with Crippen LogP contribution >= 0.6 is 11.6 Å². The summed E-state index contributed by atoms with van der Waals surface area (Å²) in [6.45, 7) is 4.14. The molecule has 5 nitrogen and oxygen atoms in total. The molecule has 1 aliphatic carbocycles. The second-order valence-electron chi connectivity index (χ2n) is 7.86. The van der Waals surface area contributed by atoms with Crippen molar-refractivity contribution in [1.29, 1.82) is 0 Å². The summed E-state index contributed by atoms with van der Waals surface area (Å²) < 4.78 is 2.19. The van der Waals surface area contributed by atoms with E-state index in [4.69, 9.17) is 21.6 Å². The average molecular weight is 440 g/mol. The van der Waals surface area contributed by atoms with Crippen LogP contribution in [0.4, 0.5) is 11.4 Å². The fraction of sp³-hybridized carbons (Fsp3) is 0.115. The summed E-state index contributed by atoms with van der Waals surface area (Å²) >= 11 is 6.35. The Morgan fingerprint density at radius 1 is 0.969 bits per heavy atom. The molecular weight excluding hydrogens is 418 g/mol. The quantitative estimate of drug-likeness (QED) is 0.337. The molecule has 0 amide bonds. The van der Waals surface area contributed by atoms with Gasteiger partial charge in [-0.05, 0) is 68.4 Å². The van der Waals surface area contributed by atoms with E-state index >= 15 is 0 Å². The third-order valence-corrected chi connectivity index (χ3v) is 5.34. The van der Waals surface area contributed by atoms with Crippen molar-refractivity contribution < 1.29 is 0 Å². The summed E-state index contributed by atoms with van der Waals surface area (Å²) in [5.74, 6) is 0. The number of anilines is 2. The zero-order chi connectivity index (χ0) is 22.1. The van der Waals surface area contributed by atoms with E-state index in [-0.39, 0.29) is 6.04 Å². The van der Waals surface area contributed by atoms with Crippen LogP contribution in [0, 0.1) is 0 Å². The second-order valence-corrected chi connectivity index (χ2v) is 8.30. The monoisotopic (exact) mass is 439 g/mol. The fourth-order valence-electron chi connectivity index (χ4n) is 3.81. The molecule has 1 N–H and O–H groups in total. The van der Waals surface area contributed by atoms with Crippen molar-refractivity contribution in [3.63, 3.8) is 0 Å². The van der Waals surface area contributed by atoms with Crippen molar-refractivity contribution in [3.8, 4) is 17.1 Å². The van der Waals surface area contributed by atoms with Crippen molar-refractivity contribution in [3.05, 3.63) is 95.6 Å². The predicted octanol–water partition coefficient (Wildman–Crippen LogP) is 6.23. The van der Waals surface area contributed by atoms with Gasteiger partial charge in [0.1, 0.15) is 0 Å². The largest absolute Gasteiger partial charge is 0.352 e. The van der Waals surface area contributed by atoms with Gasteiger partial charge >= 0.3 is 0 Å². The van der Waals surface area contributed by atoms with Crippen LogP contribution in [0.3, 0.4) is 0 Å². The third-order valence-electron chi connectivity index (χ3n) is 5.10. The van der Waals surface area contributed by atoms with E-state index in [1.165, 1.54) is 0 Å². The highest BCUT2D eigenvalue weighted by atomic mass is 35.5. The molecule has 2 aliphatic rings. The Hall–Kier alpha value is -3.70. The molecule has 2 aromatic carbocycles. The minimum atomic E-state index is 0.134. The fourth-order valence-corrected chi connectivity index (χ4v) is 4.00. The summed E-state index contributed by atoms with van der Waals surface area (Å²) in [7, 11) is 0. The van der Waals surface area contributed by atoms with E-state index in [0.717, 1.165) is 44.8 Å². The lowest BCUT2D eigenvalue weighted by Gasteiger charge is -2.20. The highest BCUT2D eigenvalue weighted by molar-refractivity contribution is 6.30. The van der Waals surface area contributed by atoms with Gasteiger partial charge in [0.25, 0.3) is 0 Å². The molecule has 0 radical (unpaired) electrons. The Labute approximate surface area is 191 Å². The topological polar surface area (TPSA) is 55.1 Å². The molecule has 32 heavy (non-hydrogen) atoms. The molecule has 0 unspecified atom stereocenters. The summed E-state index contributed by atoms with van der Waals surface area (Å²) in [6.07, 6.45) is 3.55. The Morgan fingerprint density at radius 3 is 2.62 bits per heavy atom. The number of nitrogens with one attached hydrogen (secondary N) is 1. The molecule has 0 fully saturated rings. The molecule has 0 atom stereocenters. The van der Waals surface area contributed by atoms with E-state index in [0.29, 0.717) is 5.02 Å². The lowest BCUT2D eigenvalue weighted by atomic mass is 10.1. The molecule has 0 saturated carbocycles. The first-order chi connectivity index (χ1) is 15.6. The van der Waals surface area contributed by atoms with Gasteiger partial charge in [-0.1, -0.05) is 29.8 Å². The minimum absolute atomic E-state index is 0.134. The number of halogens is 1. The van der Waals surface area contributed by atoms with Gasteiger partial charge in [0.15, 0.2) is 0 Å². The SMILES string of the molecule is CC(C)/N=c1\cc2n(-c3cccc(Cl)c3)c3ccccc3nc-2cc1Nc1cccnc1. The number of nitrogens with zero attached hydrogens (tertiary/aromatic N) is 4. The maximum atomic E-state index is 6.35. The van der Waals surface area contributed by atoms with Crippen LogP contribution in [0.2, 0.25) is 5.02 Å². The number of para-hydroxylation sites is 2. The van der Waals surface area contributed by atoms with Gasteiger partial charge in [0.2, 0.25) is 0 Å². The number of pyridine rings is 1. The number of rotatable bonds is 4. The van der Waals surface area contributed by atoms with Crippen LogP contribution in [-0.4, -0.2) is 20.6 Å². The standard InChI is InChI=1S/C26H22ClN5/c1-17(2)29-23-15-26-24(14-22(23)30-19-8-6-12-28-16-19)31-21-10-3-4-11-25(21)32(26)20-9-5-7-18(27)13-20/h3-17,30H,1-2H3/b29-23+. The van der Waals surface area contributed by atoms with E-state index in [9.17, 15) is 0 Å².